The standard InChI is InChI=1S/C33H45F2N7O2/c1-20(2)42-19-22(5)44-31-26(34)16-24(17-28(31)42)30-27(35)18-36-33(39-30)38-29-9-8-25(32(37-29)43-21(3)4)23-10-12-41(13-11-23)15-14-40(6)7/h8-9,16-18,20-23H,10-15,19H2,1-7H3,(H,36,37,38,39). The zero-order valence-electron chi connectivity index (χ0n) is 26.9. The first-order valence-corrected chi connectivity index (χ1v) is 15.6. The minimum atomic E-state index is -0.653. The molecule has 5 rings (SSSR count). The van der Waals surface area contributed by atoms with Crippen LogP contribution in [0.1, 0.15) is 58.9 Å². The molecule has 11 heteroatoms. The van der Waals surface area contributed by atoms with Gasteiger partial charge in [0.05, 0.1) is 24.5 Å². The highest BCUT2D eigenvalue weighted by atomic mass is 19.1. The molecule has 2 aliphatic heterocycles. The fourth-order valence-corrected chi connectivity index (χ4v) is 5.85. The van der Waals surface area contributed by atoms with Crippen LogP contribution in [0.4, 0.5) is 26.2 Å². The Kier molecular flexibility index (Phi) is 9.84. The number of halogens is 2. The Morgan fingerprint density at radius 2 is 1.82 bits per heavy atom. The lowest BCUT2D eigenvalue weighted by molar-refractivity contribution is 0.188. The molecule has 238 valence electrons. The Balaban J connectivity index is 1.38. The van der Waals surface area contributed by atoms with E-state index in [0.717, 1.165) is 50.8 Å². The van der Waals surface area contributed by atoms with Crippen LogP contribution in [0.2, 0.25) is 0 Å². The summed E-state index contributed by atoms with van der Waals surface area (Å²) in [6, 6.07) is 7.03. The van der Waals surface area contributed by atoms with E-state index in [-0.39, 0.29) is 35.6 Å². The summed E-state index contributed by atoms with van der Waals surface area (Å²) >= 11 is 0. The van der Waals surface area contributed by atoms with Gasteiger partial charge in [-0.2, -0.15) is 4.98 Å². The molecule has 1 unspecified atom stereocenters. The molecule has 2 aromatic heterocycles. The van der Waals surface area contributed by atoms with Gasteiger partial charge < -0.3 is 29.5 Å². The SMILES string of the molecule is CC(C)Oc1nc(Nc2ncc(F)c(-c3cc(F)c4c(c3)N(C(C)C)CC(C)O4)n2)ccc1C1CCN(CCN(C)C)CC1. The summed E-state index contributed by atoms with van der Waals surface area (Å²) in [6.07, 6.45) is 2.94. The largest absolute Gasteiger partial charge is 0.484 e. The lowest BCUT2D eigenvalue weighted by Crippen LogP contribution is -2.42. The number of likely N-dealkylation sites (tertiary alicyclic amines) is 1. The van der Waals surface area contributed by atoms with E-state index in [4.69, 9.17) is 14.5 Å². The number of fused-ring (bicyclic) bond motifs is 1. The van der Waals surface area contributed by atoms with Gasteiger partial charge in [-0.1, -0.05) is 0 Å². The maximum Gasteiger partial charge on any atom is 0.229 e. The van der Waals surface area contributed by atoms with Crippen LogP contribution in [0.5, 0.6) is 11.6 Å². The molecule has 44 heavy (non-hydrogen) atoms. The third kappa shape index (κ3) is 7.38. The number of anilines is 3. The summed E-state index contributed by atoms with van der Waals surface area (Å²) in [5.74, 6) is 0.531. The van der Waals surface area contributed by atoms with Gasteiger partial charge in [-0.3, -0.25) is 0 Å². The minimum absolute atomic E-state index is 0.0113. The molecule has 1 N–H and O–H groups in total. The van der Waals surface area contributed by atoms with Crippen molar-refractivity contribution in [2.24, 2.45) is 0 Å². The van der Waals surface area contributed by atoms with Crippen molar-refractivity contribution in [2.45, 2.75) is 71.6 Å². The second-order valence-electron chi connectivity index (χ2n) is 12.7. The van der Waals surface area contributed by atoms with Crippen molar-refractivity contribution >= 4 is 17.5 Å². The van der Waals surface area contributed by atoms with Gasteiger partial charge >= 0.3 is 0 Å². The van der Waals surface area contributed by atoms with Gasteiger partial charge in [-0.05, 0) is 105 Å². The molecule has 4 heterocycles. The molecule has 0 amide bonds. The average Bonchev–Trinajstić information content (AvgIpc) is 2.97. The molecule has 1 atom stereocenters. The highest BCUT2D eigenvalue weighted by Crippen LogP contribution is 2.41. The van der Waals surface area contributed by atoms with Gasteiger partial charge in [0.2, 0.25) is 11.8 Å². The second-order valence-corrected chi connectivity index (χ2v) is 12.7. The maximum absolute atomic E-state index is 15.3. The van der Waals surface area contributed by atoms with Gasteiger partial charge in [0.25, 0.3) is 0 Å². The van der Waals surface area contributed by atoms with Crippen LogP contribution in [0.25, 0.3) is 11.3 Å². The zero-order valence-corrected chi connectivity index (χ0v) is 26.9. The number of aromatic nitrogens is 3. The Morgan fingerprint density at radius 1 is 1.07 bits per heavy atom. The molecule has 3 aromatic rings. The molecule has 0 saturated carbocycles. The van der Waals surface area contributed by atoms with Gasteiger partial charge in [0.1, 0.15) is 17.6 Å². The number of hydrogen-bond donors (Lipinski definition) is 1. The first kappa shape index (κ1) is 31.8. The first-order chi connectivity index (χ1) is 21.0. The molecule has 1 saturated heterocycles. The summed E-state index contributed by atoms with van der Waals surface area (Å²) in [6.45, 7) is 14.7. The van der Waals surface area contributed by atoms with E-state index in [2.05, 4.69) is 50.1 Å². The van der Waals surface area contributed by atoms with Crippen LogP contribution in [-0.4, -0.2) is 89.8 Å². The fraction of sp³-hybridized carbons (Fsp3) is 0.545. The number of hydrogen-bond acceptors (Lipinski definition) is 9. The van der Waals surface area contributed by atoms with Crippen molar-refractivity contribution in [2.75, 3.05) is 57.0 Å². The number of rotatable bonds is 10. The number of nitrogens with one attached hydrogen (secondary N) is 1. The van der Waals surface area contributed by atoms with Gasteiger partial charge in [0.15, 0.2) is 17.4 Å². The molecular weight excluding hydrogens is 564 g/mol. The van der Waals surface area contributed by atoms with Crippen LogP contribution in [0.3, 0.4) is 0 Å². The van der Waals surface area contributed by atoms with E-state index < -0.39 is 11.6 Å². The van der Waals surface area contributed by atoms with Crippen molar-refractivity contribution < 1.29 is 18.3 Å². The summed E-state index contributed by atoms with van der Waals surface area (Å²) in [5, 5.41) is 3.11. The molecule has 0 bridgehead atoms. The fourth-order valence-electron chi connectivity index (χ4n) is 5.85. The van der Waals surface area contributed by atoms with Gasteiger partial charge in [-0.15, -0.1) is 0 Å². The van der Waals surface area contributed by atoms with Crippen LogP contribution < -0.4 is 19.7 Å². The predicted molar refractivity (Wildman–Crippen MR) is 170 cm³/mol. The molecule has 1 fully saturated rings. The summed E-state index contributed by atoms with van der Waals surface area (Å²) in [7, 11) is 4.20. The minimum Gasteiger partial charge on any atom is -0.484 e. The number of piperidine rings is 1. The van der Waals surface area contributed by atoms with Crippen molar-refractivity contribution in [3.05, 3.63) is 47.7 Å². The monoisotopic (exact) mass is 609 g/mol. The van der Waals surface area contributed by atoms with E-state index in [1.165, 1.54) is 6.07 Å². The van der Waals surface area contributed by atoms with E-state index in [0.29, 0.717) is 35.4 Å². The van der Waals surface area contributed by atoms with Crippen molar-refractivity contribution in [1.29, 1.82) is 0 Å². The summed E-state index contributed by atoms with van der Waals surface area (Å²) in [4.78, 5) is 20.2. The van der Waals surface area contributed by atoms with Crippen molar-refractivity contribution in [3.8, 4) is 22.9 Å². The quantitative estimate of drug-likeness (QED) is 0.294. The molecular formula is C33H45F2N7O2. The summed E-state index contributed by atoms with van der Waals surface area (Å²) in [5.41, 5.74) is 1.96. The Morgan fingerprint density at radius 3 is 2.50 bits per heavy atom. The van der Waals surface area contributed by atoms with Crippen molar-refractivity contribution in [1.82, 2.24) is 24.8 Å². The highest BCUT2D eigenvalue weighted by Gasteiger charge is 2.29. The lowest BCUT2D eigenvalue weighted by atomic mass is 9.90. The number of benzene rings is 1. The Hall–Kier alpha value is -3.57. The smallest absolute Gasteiger partial charge is 0.229 e. The normalized spacial score (nSPS) is 17.7. The topological polar surface area (TPSA) is 78.9 Å². The van der Waals surface area contributed by atoms with Crippen LogP contribution >= 0.6 is 0 Å². The molecule has 2 aliphatic rings. The highest BCUT2D eigenvalue weighted by molar-refractivity contribution is 5.73. The molecule has 9 nitrogen and oxygen atoms in total. The second kappa shape index (κ2) is 13.6. The molecule has 0 radical (unpaired) electrons. The first-order valence-electron chi connectivity index (χ1n) is 15.6. The molecule has 0 spiro atoms. The molecule has 0 aliphatic carbocycles. The maximum atomic E-state index is 15.3. The number of pyridine rings is 1. The predicted octanol–water partition coefficient (Wildman–Crippen LogP) is 6.08. The van der Waals surface area contributed by atoms with Crippen LogP contribution in [0, 0.1) is 11.6 Å². The average molecular weight is 610 g/mol. The number of ether oxygens (including phenoxy) is 2. The van der Waals surface area contributed by atoms with E-state index in [1.807, 2.05) is 40.7 Å². The van der Waals surface area contributed by atoms with Crippen LogP contribution in [0.15, 0.2) is 30.5 Å². The van der Waals surface area contributed by atoms with Gasteiger partial charge in [0, 0.05) is 30.3 Å². The van der Waals surface area contributed by atoms with E-state index >= 15 is 8.78 Å². The van der Waals surface area contributed by atoms with E-state index in [1.54, 1.807) is 6.07 Å². The third-order valence-corrected chi connectivity index (χ3v) is 8.11. The van der Waals surface area contributed by atoms with Crippen molar-refractivity contribution in [3.63, 3.8) is 0 Å². The lowest BCUT2D eigenvalue weighted by Gasteiger charge is -2.38. The van der Waals surface area contributed by atoms with E-state index in [9.17, 15) is 0 Å². The van der Waals surface area contributed by atoms with Gasteiger partial charge in [-0.25, -0.2) is 18.7 Å². The zero-order chi connectivity index (χ0) is 31.5. The van der Waals surface area contributed by atoms with Crippen LogP contribution in [-0.2, 0) is 0 Å². The molecule has 1 aromatic carbocycles. The Labute approximate surface area is 259 Å². The third-order valence-electron chi connectivity index (χ3n) is 8.11. The number of likely N-dealkylation sites (N-methyl/N-ethyl adjacent to an activating group) is 1. The Bertz CT molecular complexity index is 1440. The summed E-state index contributed by atoms with van der Waals surface area (Å²) < 4.78 is 42.3. The number of nitrogens with zero attached hydrogens (tertiary/aromatic N) is 6.